The highest BCUT2D eigenvalue weighted by atomic mass is 19.4. The lowest BCUT2D eigenvalue weighted by atomic mass is 10.1. The molecule has 34 heavy (non-hydrogen) atoms. The third-order valence-corrected chi connectivity index (χ3v) is 4.69. The second kappa shape index (κ2) is 9.04. The molecule has 0 unspecified atom stereocenters. The van der Waals surface area contributed by atoms with Gasteiger partial charge in [-0.15, -0.1) is 0 Å². The first-order valence-electron chi connectivity index (χ1n) is 11.1. The molecule has 0 aliphatic heterocycles. The molecule has 0 aliphatic rings. The van der Waals surface area contributed by atoms with Gasteiger partial charge in [-0.3, -0.25) is 9.78 Å². The van der Waals surface area contributed by atoms with Crippen LogP contribution in [0.4, 0.5) is 27.8 Å². The molecule has 4 rings (SSSR count). The van der Waals surface area contributed by atoms with E-state index in [2.05, 4.69) is 20.4 Å². The van der Waals surface area contributed by atoms with Crippen LogP contribution in [-0.4, -0.2) is 39.5 Å². The molecule has 0 bridgehead atoms. The Hall–Kier alpha value is -4.09. The fourth-order valence-corrected chi connectivity index (χ4v) is 3.14. The Morgan fingerprint density at radius 1 is 1.12 bits per heavy atom. The topological polar surface area (TPSA) is 81.9 Å². The predicted octanol–water partition coefficient (Wildman–Crippen LogP) is 4.76. The summed E-state index contributed by atoms with van der Waals surface area (Å²) in [4.78, 5) is 21.3. The lowest BCUT2D eigenvalue weighted by Crippen LogP contribution is -2.24. The molecule has 1 N–H and O–H groups in total. The van der Waals surface area contributed by atoms with E-state index in [4.69, 9.17) is 8.85 Å². The summed E-state index contributed by atoms with van der Waals surface area (Å²) in [5.74, 6) is -0.181. The molecule has 12 heteroatoms. The van der Waals surface area contributed by atoms with Crippen LogP contribution in [0.2, 0.25) is 0 Å². The molecule has 0 fully saturated rings. The van der Waals surface area contributed by atoms with E-state index in [0.29, 0.717) is 0 Å². The number of benzene rings is 1. The highest BCUT2D eigenvalue weighted by Crippen LogP contribution is 2.27. The highest BCUT2D eigenvalue weighted by molar-refractivity contribution is 5.91. The Kier molecular flexibility index (Phi) is 5.15. The first-order valence-corrected chi connectivity index (χ1v) is 9.59. The van der Waals surface area contributed by atoms with E-state index in [-0.39, 0.29) is 39.4 Å². The lowest BCUT2D eigenvalue weighted by molar-refractivity contribution is -0.115. The van der Waals surface area contributed by atoms with Crippen LogP contribution in [0.5, 0.6) is 5.75 Å². The molecule has 1 aromatic carbocycles. The first kappa shape index (κ1) is 19.4. The van der Waals surface area contributed by atoms with Gasteiger partial charge in [-0.1, -0.05) is 6.07 Å². The molecule has 0 spiro atoms. The number of nitrogens with zero attached hydrogens (tertiary/aromatic N) is 4. The lowest BCUT2D eigenvalue weighted by Gasteiger charge is -2.13. The van der Waals surface area contributed by atoms with E-state index in [1.807, 2.05) is 0 Å². The Labute approximate surface area is 193 Å². The Morgan fingerprint density at radius 3 is 2.50 bits per heavy atom. The molecule has 4 aromatic rings. The largest absolute Gasteiger partial charge is 0.497 e. The van der Waals surface area contributed by atoms with E-state index >= 15 is 0 Å². The molecule has 0 radical (unpaired) electrons. The molecule has 3 heterocycles. The number of anilines is 1. The van der Waals surface area contributed by atoms with Crippen LogP contribution in [0.1, 0.15) is 16.2 Å². The first-order chi connectivity index (χ1) is 17.3. The number of methoxy groups -OCH3 is 1. The third kappa shape index (κ3) is 4.80. The highest BCUT2D eigenvalue weighted by Gasteiger charge is 2.27. The number of alkyl halides is 5. The fourth-order valence-electron chi connectivity index (χ4n) is 3.14. The molecule has 0 atom stereocenters. The number of halogens is 5. The van der Waals surface area contributed by atoms with Crippen molar-refractivity contribution in [3.05, 3.63) is 70.8 Å². The smallest absolute Gasteiger partial charge is 0.405 e. The van der Waals surface area contributed by atoms with Crippen molar-refractivity contribution in [2.45, 2.75) is 12.6 Å². The summed E-state index contributed by atoms with van der Waals surface area (Å²) >= 11 is 0. The van der Waals surface area contributed by atoms with E-state index in [1.165, 1.54) is 42.5 Å². The maximum atomic E-state index is 13.5. The molecule has 0 amide bonds. The number of aromatic nitrogens is 4. The van der Waals surface area contributed by atoms with Crippen molar-refractivity contribution in [1.29, 1.82) is 0 Å². The van der Waals surface area contributed by atoms with Crippen LogP contribution in [0, 0.1) is 0 Å². The number of fused-ring (bicyclic) bond motifs is 1. The van der Waals surface area contributed by atoms with Crippen molar-refractivity contribution < 1.29 is 30.8 Å². The van der Waals surface area contributed by atoms with Crippen molar-refractivity contribution in [3.8, 4) is 22.6 Å². The van der Waals surface area contributed by atoms with E-state index in [9.17, 15) is 26.7 Å². The van der Waals surface area contributed by atoms with Gasteiger partial charge < -0.3 is 10.1 Å². The van der Waals surface area contributed by atoms with Gasteiger partial charge in [-0.05, 0) is 42.5 Å². The van der Waals surface area contributed by atoms with Crippen LogP contribution < -0.4 is 15.6 Å². The van der Waals surface area contributed by atoms with Crippen LogP contribution in [0.3, 0.4) is 0 Å². The van der Waals surface area contributed by atoms with Crippen molar-refractivity contribution in [2.75, 3.05) is 18.9 Å². The number of ether oxygens (including phenoxy) is 1. The van der Waals surface area contributed by atoms with Gasteiger partial charge in [-0.2, -0.15) is 23.0 Å². The van der Waals surface area contributed by atoms with Crippen molar-refractivity contribution in [2.24, 2.45) is 0 Å². The molecule has 3 aromatic heterocycles. The molecule has 0 saturated carbocycles. The van der Waals surface area contributed by atoms with Crippen LogP contribution in [0.15, 0.2) is 59.5 Å². The fraction of sp³-hybridized carbons (Fsp3) is 0.182. The predicted molar refractivity (Wildman–Crippen MR) is 114 cm³/mol. The Bertz CT molecular complexity index is 1470. The standard InChI is InChI=1S/C22H16F5N5O2/c1-34-14-5-3-13(4-6-14)32-21(33)18(12-2-7-16(20(23)24)28-10-12)19-15(31-32)8-9-17(30-19)29-11-22(25,26)27/h2-10,20H,11H2,1H3,(H,29,30)/i1D3. The minimum atomic E-state index is -4.52. The quantitative estimate of drug-likeness (QED) is 0.401. The van der Waals surface area contributed by atoms with Crippen LogP contribution >= 0.6 is 0 Å². The molecule has 176 valence electrons. The van der Waals surface area contributed by atoms with Crippen molar-refractivity contribution in [3.63, 3.8) is 0 Å². The van der Waals surface area contributed by atoms with Gasteiger partial charge in [0.15, 0.2) is 0 Å². The van der Waals surface area contributed by atoms with Crippen LogP contribution in [-0.2, 0) is 0 Å². The zero-order valence-corrected chi connectivity index (χ0v) is 17.0. The van der Waals surface area contributed by atoms with Gasteiger partial charge >= 0.3 is 6.18 Å². The number of hydrogen-bond acceptors (Lipinski definition) is 6. The molecule has 7 nitrogen and oxygen atoms in total. The summed E-state index contributed by atoms with van der Waals surface area (Å²) < 4.78 is 91.3. The Balaban J connectivity index is 1.87. The van der Waals surface area contributed by atoms with Crippen LogP contribution in [0.25, 0.3) is 27.8 Å². The maximum Gasteiger partial charge on any atom is 0.405 e. The molecule has 0 saturated heterocycles. The third-order valence-electron chi connectivity index (χ3n) is 4.69. The minimum Gasteiger partial charge on any atom is -0.497 e. The maximum absolute atomic E-state index is 13.5. The summed E-state index contributed by atoms with van der Waals surface area (Å²) in [6.45, 7) is -1.37. The van der Waals surface area contributed by atoms with Crippen molar-refractivity contribution >= 4 is 16.9 Å². The van der Waals surface area contributed by atoms with Gasteiger partial charge in [0.25, 0.3) is 12.0 Å². The van der Waals surface area contributed by atoms with Crippen molar-refractivity contribution in [1.82, 2.24) is 19.7 Å². The van der Waals surface area contributed by atoms with Gasteiger partial charge in [0, 0.05) is 11.8 Å². The molecular formula is C22H16F5N5O2. The number of nitrogens with one attached hydrogen (secondary N) is 1. The molecular weight excluding hydrogens is 461 g/mol. The summed E-state index contributed by atoms with van der Waals surface area (Å²) in [5.41, 5.74) is -1.15. The average Bonchev–Trinajstić information content (AvgIpc) is 2.81. The van der Waals surface area contributed by atoms with E-state index in [1.54, 1.807) is 0 Å². The van der Waals surface area contributed by atoms with Gasteiger partial charge in [0.2, 0.25) is 0 Å². The number of hydrogen-bond donors (Lipinski definition) is 1. The average molecular weight is 480 g/mol. The molecule has 0 aliphatic carbocycles. The minimum absolute atomic E-state index is 0.00615. The van der Waals surface area contributed by atoms with Gasteiger partial charge in [0.05, 0.1) is 22.4 Å². The summed E-state index contributed by atoms with van der Waals surface area (Å²) in [6.07, 6.45) is -6.34. The second-order valence-corrected chi connectivity index (χ2v) is 6.99. The zero-order chi connectivity index (χ0) is 27.0. The summed E-state index contributed by atoms with van der Waals surface area (Å²) in [7, 11) is -2.69. The SMILES string of the molecule is [2H]C([2H])([2H])Oc1ccc(-n2nc3ccc(NCC(F)(F)F)nc3c(-c3ccc(C(F)F)nc3)c2=O)cc1. The Morgan fingerprint density at radius 2 is 1.88 bits per heavy atom. The summed E-state index contributed by atoms with van der Waals surface area (Å²) in [6, 6.07) is 10.2. The van der Waals surface area contributed by atoms with E-state index < -0.39 is 37.4 Å². The normalized spacial score (nSPS) is 13.4. The van der Waals surface area contributed by atoms with Gasteiger partial charge in [-0.25, -0.2) is 13.8 Å². The zero-order valence-electron chi connectivity index (χ0n) is 20.0. The van der Waals surface area contributed by atoms with Gasteiger partial charge in [0.1, 0.15) is 34.8 Å². The number of pyridine rings is 2. The number of rotatable bonds is 6. The summed E-state index contributed by atoms with van der Waals surface area (Å²) in [5, 5.41) is 6.35. The monoisotopic (exact) mass is 480 g/mol. The van der Waals surface area contributed by atoms with E-state index in [0.717, 1.165) is 16.9 Å². The second-order valence-electron chi connectivity index (χ2n) is 6.99.